The van der Waals surface area contributed by atoms with Gasteiger partial charge >= 0.3 is 6.18 Å². The van der Waals surface area contributed by atoms with E-state index in [1.807, 2.05) is 6.92 Å². The second kappa shape index (κ2) is 5.64. The topological polar surface area (TPSA) is 15.3 Å². The largest absolute Gasteiger partial charge is 0.416 e. The monoisotopic (exact) mass is 286 g/mol. The average Bonchev–Trinajstić information content (AvgIpc) is 2.35. The Balaban J connectivity index is 2.13. The first-order valence-electron chi connectivity index (χ1n) is 6.92. The van der Waals surface area contributed by atoms with Crippen LogP contribution in [0.15, 0.2) is 18.2 Å². The fourth-order valence-electron chi connectivity index (χ4n) is 2.59. The molecule has 1 aromatic carbocycles. The Morgan fingerprint density at radius 3 is 2.60 bits per heavy atom. The van der Waals surface area contributed by atoms with Crippen molar-refractivity contribution in [2.45, 2.75) is 44.9 Å². The van der Waals surface area contributed by atoms with E-state index in [0.717, 1.165) is 31.0 Å². The highest BCUT2D eigenvalue weighted by Crippen LogP contribution is 2.32. The Hall–Kier alpha value is -1.23. The molecule has 0 amide bonds. The van der Waals surface area contributed by atoms with E-state index in [0.29, 0.717) is 11.7 Å². The van der Waals surface area contributed by atoms with Gasteiger partial charge in [-0.2, -0.15) is 13.2 Å². The van der Waals surface area contributed by atoms with Crippen LogP contribution in [0.5, 0.6) is 0 Å². The zero-order valence-electron chi connectivity index (χ0n) is 12.1. The molecule has 2 atom stereocenters. The first-order valence-corrected chi connectivity index (χ1v) is 6.92. The Labute approximate surface area is 118 Å². The lowest BCUT2D eigenvalue weighted by Crippen LogP contribution is -2.42. The molecule has 1 saturated heterocycles. The molecular weight excluding hydrogens is 265 g/mol. The van der Waals surface area contributed by atoms with E-state index < -0.39 is 11.7 Å². The molecule has 112 valence electrons. The molecule has 0 bridgehead atoms. The van der Waals surface area contributed by atoms with E-state index in [2.05, 4.69) is 24.2 Å². The molecule has 1 aromatic rings. The fraction of sp³-hybridized carbons (Fsp3) is 0.600. The number of nitrogens with one attached hydrogen (secondary N) is 1. The SMILES string of the molecule is Cc1ccc(C(F)(F)F)cc1NC1CCN(C)C(C)C1. The minimum Gasteiger partial charge on any atom is -0.382 e. The molecule has 2 rings (SSSR count). The summed E-state index contributed by atoms with van der Waals surface area (Å²) < 4.78 is 38.3. The van der Waals surface area contributed by atoms with Crippen LogP contribution in [0.4, 0.5) is 18.9 Å². The summed E-state index contributed by atoms with van der Waals surface area (Å²) in [4.78, 5) is 2.27. The summed E-state index contributed by atoms with van der Waals surface area (Å²) in [5.41, 5.74) is 0.859. The maximum Gasteiger partial charge on any atom is 0.416 e. The van der Waals surface area contributed by atoms with Gasteiger partial charge in [-0.25, -0.2) is 0 Å². The molecule has 5 heteroatoms. The van der Waals surface area contributed by atoms with E-state index >= 15 is 0 Å². The van der Waals surface area contributed by atoms with Crippen LogP contribution in [0.3, 0.4) is 0 Å². The van der Waals surface area contributed by atoms with Gasteiger partial charge in [-0.15, -0.1) is 0 Å². The molecule has 20 heavy (non-hydrogen) atoms. The summed E-state index contributed by atoms with van der Waals surface area (Å²) in [6.45, 7) is 4.95. The van der Waals surface area contributed by atoms with Crippen LogP contribution >= 0.6 is 0 Å². The van der Waals surface area contributed by atoms with Gasteiger partial charge < -0.3 is 10.2 Å². The smallest absolute Gasteiger partial charge is 0.382 e. The molecule has 1 N–H and O–H groups in total. The minimum absolute atomic E-state index is 0.239. The van der Waals surface area contributed by atoms with E-state index in [1.54, 1.807) is 0 Å². The number of rotatable bonds is 2. The second-order valence-electron chi connectivity index (χ2n) is 5.72. The second-order valence-corrected chi connectivity index (χ2v) is 5.72. The molecule has 0 spiro atoms. The molecule has 1 aliphatic heterocycles. The van der Waals surface area contributed by atoms with Gasteiger partial charge in [0.2, 0.25) is 0 Å². The molecule has 1 fully saturated rings. The van der Waals surface area contributed by atoms with Crippen molar-refractivity contribution in [2.75, 3.05) is 18.9 Å². The highest BCUT2D eigenvalue weighted by atomic mass is 19.4. The van der Waals surface area contributed by atoms with Crippen molar-refractivity contribution in [1.82, 2.24) is 4.90 Å². The van der Waals surface area contributed by atoms with E-state index in [1.165, 1.54) is 12.1 Å². The van der Waals surface area contributed by atoms with Gasteiger partial charge in [-0.05, 0) is 51.4 Å². The highest BCUT2D eigenvalue weighted by Gasteiger charge is 2.31. The van der Waals surface area contributed by atoms with Crippen molar-refractivity contribution in [3.63, 3.8) is 0 Å². The van der Waals surface area contributed by atoms with Crippen LogP contribution in [0.25, 0.3) is 0 Å². The summed E-state index contributed by atoms with van der Waals surface area (Å²) in [6, 6.07) is 4.58. The first-order chi connectivity index (χ1) is 9.27. The molecule has 1 heterocycles. The maximum atomic E-state index is 12.8. The van der Waals surface area contributed by atoms with Gasteiger partial charge in [0.25, 0.3) is 0 Å². The number of likely N-dealkylation sites (tertiary alicyclic amines) is 1. The van der Waals surface area contributed by atoms with E-state index in [-0.39, 0.29) is 6.04 Å². The van der Waals surface area contributed by atoms with Gasteiger partial charge in [-0.1, -0.05) is 6.07 Å². The van der Waals surface area contributed by atoms with Crippen molar-refractivity contribution in [1.29, 1.82) is 0 Å². The van der Waals surface area contributed by atoms with Crippen molar-refractivity contribution < 1.29 is 13.2 Å². The standard InChI is InChI=1S/C15H21F3N2/c1-10-4-5-12(15(16,17)18)9-14(10)19-13-6-7-20(3)11(2)8-13/h4-5,9,11,13,19H,6-8H2,1-3H3. The van der Waals surface area contributed by atoms with E-state index in [9.17, 15) is 13.2 Å². The lowest BCUT2D eigenvalue weighted by molar-refractivity contribution is -0.137. The third-order valence-electron chi connectivity index (χ3n) is 4.13. The van der Waals surface area contributed by atoms with Gasteiger partial charge in [0.15, 0.2) is 0 Å². The average molecular weight is 286 g/mol. The van der Waals surface area contributed by atoms with Crippen molar-refractivity contribution in [3.8, 4) is 0 Å². The third kappa shape index (κ3) is 3.45. The predicted octanol–water partition coefficient (Wildman–Crippen LogP) is 3.91. The number of aryl methyl sites for hydroxylation is 1. The quantitative estimate of drug-likeness (QED) is 0.886. The first kappa shape index (κ1) is 15.2. The number of hydrogen-bond acceptors (Lipinski definition) is 2. The Morgan fingerprint density at radius 1 is 1.30 bits per heavy atom. The predicted molar refractivity (Wildman–Crippen MR) is 74.9 cm³/mol. The number of piperidine rings is 1. The number of benzene rings is 1. The minimum atomic E-state index is -4.29. The molecule has 0 aliphatic carbocycles. The Kier molecular flexibility index (Phi) is 4.28. The lowest BCUT2D eigenvalue weighted by atomic mass is 9.98. The fourth-order valence-corrected chi connectivity index (χ4v) is 2.59. The maximum absolute atomic E-state index is 12.8. The molecule has 0 aromatic heterocycles. The zero-order chi connectivity index (χ0) is 14.9. The summed E-state index contributed by atoms with van der Waals surface area (Å²) >= 11 is 0. The molecule has 0 saturated carbocycles. The van der Waals surface area contributed by atoms with Gasteiger partial charge in [0.1, 0.15) is 0 Å². The summed E-state index contributed by atoms with van der Waals surface area (Å²) in [5, 5.41) is 3.29. The van der Waals surface area contributed by atoms with Crippen LogP contribution < -0.4 is 5.32 Å². The summed E-state index contributed by atoms with van der Waals surface area (Å²) in [6.07, 6.45) is -2.38. The Bertz CT molecular complexity index is 471. The Morgan fingerprint density at radius 2 is 2.00 bits per heavy atom. The van der Waals surface area contributed by atoms with Crippen molar-refractivity contribution >= 4 is 5.69 Å². The number of alkyl halides is 3. The van der Waals surface area contributed by atoms with Crippen LogP contribution in [-0.4, -0.2) is 30.6 Å². The van der Waals surface area contributed by atoms with Gasteiger partial charge in [0, 0.05) is 24.3 Å². The molecule has 0 radical (unpaired) electrons. The van der Waals surface area contributed by atoms with Crippen molar-refractivity contribution in [3.05, 3.63) is 29.3 Å². The number of anilines is 1. The normalized spacial score (nSPS) is 24.7. The van der Waals surface area contributed by atoms with Crippen LogP contribution in [0.2, 0.25) is 0 Å². The number of hydrogen-bond donors (Lipinski definition) is 1. The highest BCUT2D eigenvalue weighted by molar-refractivity contribution is 5.54. The van der Waals surface area contributed by atoms with E-state index in [4.69, 9.17) is 0 Å². The number of halogens is 3. The lowest BCUT2D eigenvalue weighted by Gasteiger charge is -2.36. The van der Waals surface area contributed by atoms with Crippen molar-refractivity contribution in [2.24, 2.45) is 0 Å². The molecule has 1 aliphatic rings. The summed E-state index contributed by atoms with van der Waals surface area (Å²) in [5.74, 6) is 0. The summed E-state index contributed by atoms with van der Waals surface area (Å²) in [7, 11) is 2.08. The van der Waals surface area contributed by atoms with Gasteiger partial charge in [0.05, 0.1) is 5.56 Å². The molecule has 2 unspecified atom stereocenters. The van der Waals surface area contributed by atoms with Crippen LogP contribution in [0, 0.1) is 6.92 Å². The van der Waals surface area contributed by atoms with Crippen LogP contribution in [-0.2, 0) is 6.18 Å². The molecule has 2 nitrogen and oxygen atoms in total. The third-order valence-corrected chi connectivity index (χ3v) is 4.13. The van der Waals surface area contributed by atoms with Crippen LogP contribution in [0.1, 0.15) is 30.9 Å². The zero-order valence-corrected chi connectivity index (χ0v) is 12.1. The molecular formula is C15H21F3N2. The van der Waals surface area contributed by atoms with Gasteiger partial charge in [-0.3, -0.25) is 0 Å². The number of nitrogens with zero attached hydrogens (tertiary/aromatic N) is 1.